The maximum Gasteiger partial charge on any atom is 0.248 e. The fourth-order valence-corrected chi connectivity index (χ4v) is 3.93. The van der Waals surface area contributed by atoms with Gasteiger partial charge in [0.25, 0.3) is 0 Å². The molecule has 0 fully saturated rings. The van der Waals surface area contributed by atoms with Crippen LogP contribution in [0.3, 0.4) is 0 Å². The highest BCUT2D eigenvalue weighted by Gasteiger charge is 2.16. The van der Waals surface area contributed by atoms with Crippen molar-refractivity contribution in [2.45, 2.75) is 27.2 Å². The molecule has 0 unspecified atom stereocenters. The summed E-state index contributed by atoms with van der Waals surface area (Å²) in [5.41, 5.74) is 6.29. The molecule has 1 aromatic heterocycles. The lowest BCUT2D eigenvalue weighted by atomic mass is 9.99. The van der Waals surface area contributed by atoms with Crippen molar-refractivity contribution in [3.05, 3.63) is 84.1 Å². The maximum absolute atomic E-state index is 12.7. The Morgan fingerprint density at radius 3 is 2.56 bits per heavy atom. The van der Waals surface area contributed by atoms with Crippen LogP contribution >= 0.6 is 0 Å². The summed E-state index contributed by atoms with van der Waals surface area (Å²) in [6.07, 6.45) is 4.30. The van der Waals surface area contributed by atoms with E-state index in [0.29, 0.717) is 12.4 Å². The molecule has 0 spiro atoms. The Hall–Kier alpha value is -3.99. The Labute approximate surface area is 200 Å². The lowest BCUT2D eigenvalue weighted by molar-refractivity contribution is -0.111. The molecule has 0 radical (unpaired) electrons. The zero-order chi connectivity index (χ0) is 24.1. The van der Waals surface area contributed by atoms with Gasteiger partial charge in [0.1, 0.15) is 17.1 Å². The average molecular weight is 456 g/mol. The third kappa shape index (κ3) is 4.99. The molecule has 174 valence electrons. The number of aryl methyl sites for hydroxylation is 1. The van der Waals surface area contributed by atoms with E-state index < -0.39 is 0 Å². The van der Waals surface area contributed by atoms with E-state index >= 15 is 0 Å². The van der Waals surface area contributed by atoms with E-state index in [0.717, 1.165) is 51.1 Å². The van der Waals surface area contributed by atoms with Gasteiger partial charge in [0.05, 0.1) is 20.0 Å². The fourth-order valence-electron chi connectivity index (χ4n) is 3.93. The number of nitrogens with one attached hydrogen (secondary N) is 1. The van der Waals surface area contributed by atoms with Gasteiger partial charge in [-0.2, -0.15) is 0 Å². The van der Waals surface area contributed by atoms with E-state index in [1.54, 1.807) is 19.4 Å². The monoisotopic (exact) mass is 455 g/mol. The number of fused-ring (bicyclic) bond motifs is 1. The van der Waals surface area contributed by atoms with Gasteiger partial charge in [-0.3, -0.25) is 4.79 Å². The van der Waals surface area contributed by atoms with Gasteiger partial charge >= 0.3 is 0 Å². The van der Waals surface area contributed by atoms with Crippen LogP contribution in [0.4, 0.5) is 5.69 Å². The first kappa shape index (κ1) is 23.2. The summed E-state index contributed by atoms with van der Waals surface area (Å²) in [4.78, 5) is 12.7. The van der Waals surface area contributed by atoms with E-state index in [9.17, 15) is 4.79 Å². The first-order chi connectivity index (χ1) is 16.5. The number of ether oxygens (including phenoxy) is 2. The third-order valence-electron chi connectivity index (χ3n) is 5.76. The van der Waals surface area contributed by atoms with Crippen LogP contribution in [0, 0.1) is 0 Å². The molecular weight excluding hydrogens is 426 g/mol. The number of allylic oxidation sites excluding steroid dienone is 1. The summed E-state index contributed by atoms with van der Waals surface area (Å²) < 4.78 is 17.1. The first-order valence-corrected chi connectivity index (χ1v) is 11.4. The average Bonchev–Trinajstić information content (AvgIpc) is 3.27. The zero-order valence-electron chi connectivity index (χ0n) is 20.0. The summed E-state index contributed by atoms with van der Waals surface area (Å²) in [6.45, 7) is 6.45. The summed E-state index contributed by atoms with van der Waals surface area (Å²) in [7, 11) is 1.65. The number of methoxy groups -OCH3 is 1. The van der Waals surface area contributed by atoms with E-state index in [-0.39, 0.29) is 5.91 Å². The molecule has 4 rings (SSSR count). The molecule has 0 aliphatic carbocycles. The van der Waals surface area contributed by atoms with Crippen LogP contribution in [-0.4, -0.2) is 19.6 Å². The van der Waals surface area contributed by atoms with E-state index in [4.69, 9.17) is 13.9 Å². The molecule has 0 saturated carbocycles. The second kappa shape index (κ2) is 10.3. The topological polar surface area (TPSA) is 60.7 Å². The molecule has 0 atom stereocenters. The summed E-state index contributed by atoms with van der Waals surface area (Å²) >= 11 is 0. The molecular formula is C29H29NO4. The van der Waals surface area contributed by atoms with Crippen molar-refractivity contribution in [3.63, 3.8) is 0 Å². The van der Waals surface area contributed by atoms with Crippen molar-refractivity contribution in [1.29, 1.82) is 0 Å². The molecule has 0 bridgehead atoms. The Balaban J connectivity index is 1.70. The predicted octanol–water partition coefficient (Wildman–Crippen LogP) is 7.11. The van der Waals surface area contributed by atoms with Crippen LogP contribution in [-0.2, 0) is 11.2 Å². The maximum atomic E-state index is 12.7. The van der Waals surface area contributed by atoms with Crippen molar-refractivity contribution in [3.8, 4) is 22.6 Å². The van der Waals surface area contributed by atoms with Crippen molar-refractivity contribution >= 4 is 28.1 Å². The predicted molar refractivity (Wildman–Crippen MR) is 137 cm³/mol. The highest BCUT2D eigenvalue weighted by molar-refractivity contribution is 6.05. The van der Waals surface area contributed by atoms with Gasteiger partial charge in [0, 0.05) is 34.3 Å². The lowest BCUT2D eigenvalue weighted by Crippen LogP contribution is -2.08. The molecule has 34 heavy (non-hydrogen) atoms. The van der Waals surface area contributed by atoms with Gasteiger partial charge in [0.15, 0.2) is 0 Å². The minimum Gasteiger partial charge on any atom is -0.497 e. The number of rotatable bonds is 8. The fraction of sp³-hybridized carbons (Fsp3) is 0.207. The van der Waals surface area contributed by atoms with Crippen molar-refractivity contribution in [1.82, 2.24) is 0 Å². The van der Waals surface area contributed by atoms with E-state index in [1.807, 2.05) is 74.5 Å². The van der Waals surface area contributed by atoms with Crippen LogP contribution in [0.5, 0.6) is 11.5 Å². The van der Waals surface area contributed by atoms with Crippen molar-refractivity contribution < 1.29 is 18.7 Å². The van der Waals surface area contributed by atoms with Crippen LogP contribution in [0.1, 0.15) is 31.9 Å². The van der Waals surface area contributed by atoms with Gasteiger partial charge in [0.2, 0.25) is 5.91 Å². The van der Waals surface area contributed by atoms with Crippen LogP contribution < -0.4 is 14.8 Å². The standard InChI is InChI=1S/C29H29NO4/c1-5-20-10-12-22(13-11-20)30-29(31)14-19(3)24-16-25-26(21-8-7-9-23(15-21)32-4)18-34-28(25)17-27(24)33-6-2/h7-18H,5-6H2,1-4H3,(H,30,31)/b19-14+. The van der Waals surface area contributed by atoms with Crippen LogP contribution in [0.25, 0.3) is 27.7 Å². The second-order valence-electron chi connectivity index (χ2n) is 8.03. The Morgan fingerprint density at radius 1 is 1.06 bits per heavy atom. The highest BCUT2D eigenvalue weighted by atomic mass is 16.5. The second-order valence-corrected chi connectivity index (χ2v) is 8.03. The van der Waals surface area contributed by atoms with Gasteiger partial charge in [-0.05, 0) is 67.3 Å². The van der Waals surface area contributed by atoms with Gasteiger partial charge in [-0.25, -0.2) is 0 Å². The smallest absolute Gasteiger partial charge is 0.248 e. The number of furan rings is 1. The van der Waals surface area contributed by atoms with E-state index in [2.05, 4.69) is 12.2 Å². The molecule has 4 aromatic rings. The Morgan fingerprint density at radius 2 is 1.85 bits per heavy atom. The van der Waals surface area contributed by atoms with Crippen molar-refractivity contribution in [2.75, 3.05) is 19.0 Å². The first-order valence-electron chi connectivity index (χ1n) is 11.4. The number of hydrogen-bond acceptors (Lipinski definition) is 4. The molecule has 3 aromatic carbocycles. The number of carbonyl (C=O) groups is 1. The third-order valence-corrected chi connectivity index (χ3v) is 5.76. The summed E-state index contributed by atoms with van der Waals surface area (Å²) in [6, 6.07) is 19.6. The van der Waals surface area contributed by atoms with Crippen LogP contribution in [0.2, 0.25) is 0 Å². The number of hydrogen-bond donors (Lipinski definition) is 1. The number of anilines is 1. The number of amides is 1. The number of carbonyl (C=O) groups excluding carboxylic acids is 1. The SMILES string of the molecule is CCOc1cc2occ(-c3cccc(OC)c3)c2cc1/C(C)=C/C(=O)Nc1ccc(CC)cc1. The molecule has 0 saturated heterocycles. The minimum atomic E-state index is -0.190. The molecule has 5 nitrogen and oxygen atoms in total. The summed E-state index contributed by atoms with van der Waals surface area (Å²) in [5, 5.41) is 3.88. The lowest BCUT2D eigenvalue weighted by Gasteiger charge is -2.12. The molecule has 1 heterocycles. The van der Waals surface area contributed by atoms with E-state index in [1.165, 1.54) is 5.56 Å². The number of benzene rings is 3. The highest BCUT2D eigenvalue weighted by Crippen LogP contribution is 2.38. The largest absolute Gasteiger partial charge is 0.497 e. The Bertz CT molecular complexity index is 1330. The van der Waals surface area contributed by atoms with Crippen molar-refractivity contribution in [2.24, 2.45) is 0 Å². The molecule has 1 N–H and O–H groups in total. The quantitative estimate of drug-likeness (QED) is 0.288. The van der Waals surface area contributed by atoms with Crippen LogP contribution in [0.15, 0.2) is 77.4 Å². The van der Waals surface area contributed by atoms with Gasteiger partial charge in [-0.1, -0.05) is 31.2 Å². The normalized spacial score (nSPS) is 11.5. The minimum absolute atomic E-state index is 0.190. The molecule has 0 aliphatic heterocycles. The van der Waals surface area contributed by atoms with Gasteiger partial charge < -0.3 is 19.2 Å². The zero-order valence-corrected chi connectivity index (χ0v) is 20.0. The molecule has 1 amide bonds. The molecule has 0 aliphatic rings. The van der Waals surface area contributed by atoms with Gasteiger partial charge in [-0.15, -0.1) is 0 Å². The molecule has 5 heteroatoms. The summed E-state index contributed by atoms with van der Waals surface area (Å²) in [5.74, 6) is 1.26. The Kier molecular flexibility index (Phi) is 7.02.